The molecule has 0 heterocycles. The maximum Gasteiger partial charge on any atom is 0.141 e. The van der Waals surface area contributed by atoms with E-state index in [1.807, 2.05) is 6.07 Å². The lowest BCUT2D eigenvalue weighted by Crippen LogP contribution is -2.19. The molecule has 1 aliphatic rings. The fraction of sp³-hybridized carbons (Fsp3) is 0.125. The molecule has 1 aliphatic carbocycles. The first-order valence-electron chi connectivity index (χ1n) is 8.74. The number of fused-ring (bicyclic) bond motifs is 4. The van der Waals surface area contributed by atoms with E-state index in [2.05, 4.69) is 66.7 Å². The summed E-state index contributed by atoms with van der Waals surface area (Å²) in [6.45, 7) is 1.71. The molecule has 1 atom stereocenters. The second kappa shape index (κ2) is 5.29. The Morgan fingerprint density at radius 1 is 0.720 bits per heavy atom. The third kappa shape index (κ3) is 2.20. The van der Waals surface area contributed by atoms with Crippen molar-refractivity contribution in [1.82, 2.24) is 0 Å². The Morgan fingerprint density at radius 2 is 1.36 bits per heavy atom. The van der Waals surface area contributed by atoms with Crippen molar-refractivity contribution in [2.45, 2.75) is 19.3 Å². The molecule has 25 heavy (non-hydrogen) atoms. The molecule has 0 bridgehead atoms. The number of carbonyl (C=O) groups excluding carboxylic acids is 1. The van der Waals surface area contributed by atoms with E-state index >= 15 is 0 Å². The molecule has 4 aromatic rings. The van der Waals surface area contributed by atoms with Gasteiger partial charge in [-0.15, -0.1) is 0 Å². The van der Waals surface area contributed by atoms with Gasteiger partial charge in [-0.25, -0.2) is 0 Å². The fourth-order valence-electron chi connectivity index (χ4n) is 4.27. The Bertz CT molecular complexity index is 1150. The van der Waals surface area contributed by atoms with Crippen LogP contribution in [0, 0.1) is 0 Å². The van der Waals surface area contributed by atoms with Crippen molar-refractivity contribution in [3.8, 4) is 0 Å². The van der Waals surface area contributed by atoms with Gasteiger partial charge in [-0.05, 0) is 75.3 Å². The lowest BCUT2D eigenvalue weighted by molar-refractivity contribution is -0.117. The van der Waals surface area contributed by atoms with E-state index in [1.165, 1.54) is 43.8 Å². The largest absolute Gasteiger partial charge is 0.299 e. The van der Waals surface area contributed by atoms with Crippen LogP contribution in [-0.2, 0) is 11.2 Å². The highest BCUT2D eigenvalue weighted by Gasteiger charge is 2.28. The summed E-state index contributed by atoms with van der Waals surface area (Å²) in [6.07, 6.45) is 0.901. The summed E-state index contributed by atoms with van der Waals surface area (Å²) in [5.41, 5.74) is 4.90. The highest BCUT2D eigenvalue weighted by Crippen LogP contribution is 2.39. The fourth-order valence-corrected chi connectivity index (χ4v) is 4.27. The van der Waals surface area contributed by atoms with Crippen molar-refractivity contribution < 1.29 is 4.79 Å². The number of Topliss-reactive ketones (excluding diaryl/α,β-unsaturated/α-hetero) is 1. The summed E-state index contributed by atoms with van der Waals surface area (Å²) in [6, 6.07) is 25.8. The molecule has 5 rings (SSSR count). The molecule has 4 aromatic carbocycles. The molecular formula is C24H18O. The van der Waals surface area contributed by atoms with Crippen molar-refractivity contribution in [2.24, 2.45) is 0 Å². The Morgan fingerprint density at radius 3 is 2.08 bits per heavy atom. The summed E-state index contributed by atoms with van der Waals surface area (Å²) in [5, 5.41) is 4.96. The van der Waals surface area contributed by atoms with E-state index in [0.29, 0.717) is 0 Å². The average Bonchev–Trinajstić information content (AvgIpc) is 2.62. The van der Waals surface area contributed by atoms with E-state index in [-0.39, 0.29) is 11.7 Å². The summed E-state index contributed by atoms with van der Waals surface area (Å²) in [7, 11) is 0. The summed E-state index contributed by atoms with van der Waals surface area (Å²) >= 11 is 0. The van der Waals surface area contributed by atoms with Crippen LogP contribution in [0.1, 0.15) is 35.1 Å². The normalized spacial score (nSPS) is 15.8. The first kappa shape index (κ1) is 14.4. The zero-order valence-electron chi connectivity index (χ0n) is 14.1. The van der Waals surface area contributed by atoms with Crippen molar-refractivity contribution in [3.63, 3.8) is 0 Å². The van der Waals surface area contributed by atoms with Gasteiger partial charge in [0.2, 0.25) is 0 Å². The molecule has 0 saturated heterocycles. The third-order valence-corrected chi connectivity index (χ3v) is 5.43. The SMILES string of the molecule is CC(=O)C1c2ccccc2Cc2cc3cc4ccccc4cc3cc21. The van der Waals surface area contributed by atoms with Crippen LogP contribution in [0.2, 0.25) is 0 Å². The maximum atomic E-state index is 12.5. The Kier molecular flexibility index (Phi) is 3.05. The van der Waals surface area contributed by atoms with Crippen molar-refractivity contribution >= 4 is 27.3 Å². The highest BCUT2D eigenvalue weighted by molar-refractivity contribution is 6.00. The van der Waals surface area contributed by atoms with E-state index in [4.69, 9.17) is 0 Å². The number of carbonyl (C=O) groups is 1. The Balaban J connectivity index is 1.81. The summed E-state index contributed by atoms with van der Waals surface area (Å²) < 4.78 is 0. The van der Waals surface area contributed by atoms with E-state index < -0.39 is 0 Å². The van der Waals surface area contributed by atoms with Crippen LogP contribution < -0.4 is 0 Å². The van der Waals surface area contributed by atoms with Gasteiger partial charge in [-0.3, -0.25) is 4.79 Å². The van der Waals surface area contributed by atoms with Gasteiger partial charge in [0.25, 0.3) is 0 Å². The number of hydrogen-bond acceptors (Lipinski definition) is 1. The van der Waals surface area contributed by atoms with Crippen LogP contribution in [0.3, 0.4) is 0 Å². The molecule has 1 heteroatoms. The van der Waals surface area contributed by atoms with Gasteiger partial charge in [-0.1, -0.05) is 54.6 Å². The molecule has 1 nitrogen and oxygen atoms in total. The summed E-state index contributed by atoms with van der Waals surface area (Å²) in [4.78, 5) is 12.5. The smallest absolute Gasteiger partial charge is 0.141 e. The van der Waals surface area contributed by atoms with E-state index in [0.717, 1.165) is 6.42 Å². The molecule has 0 aliphatic heterocycles. The number of rotatable bonds is 1. The van der Waals surface area contributed by atoms with Crippen LogP contribution in [0.4, 0.5) is 0 Å². The van der Waals surface area contributed by atoms with Crippen LogP contribution in [0.15, 0.2) is 72.8 Å². The molecule has 0 radical (unpaired) electrons. The predicted octanol–water partition coefficient (Wildman–Crippen LogP) is 5.62. The molecule has 0 spiro atoms. The minimum atomic E-state index is -0.143. The average molecular weight is 322 g/mol. The molecule has 0 fully saturated rings. The van der Waals surface area contributed by atoms with Crippen LogP contribution in [-0.4, -0.2) is 5.78 Å². The van der Waals surface area contributed by atoms with E-state index in [9.17, 15) is 4.79 Å². The quantitative estimate of drug-likeness (QED) is 0.416. The van der Waals surface area contributed by atoms with Gasteiger partial charge >= 0.3 is 0 Å². The molecule has 0 aromatic heterocycles. The van der Waals surface area contributed by atoms with Gasteiger partial charge in [0.1, 0.15) is 5.78 Å². The Labute approximate surface area is 146 Å². The van der Waals surface area contributed by atoms with Gasteiger partial charge in [0, 0.05) is 0 Å². The minimum absolute atomic E-state index is 0.143. The summed E-state index contributed by atoms with van der Waals surface area (Å²) in [5.74, 6) is 0.0735. The molecular weight excluding hydrogens is 304 g/mol. The monoisotopic (exact) mass is 322 g/mol. The number of benzene rings is 4. The molecule has 0 saturated carbocycles. The third-order valence-electron chi connectivity index (χ3n) is 5.43. The first-order valence-corrected chi connectivity index (χ1v) is 8.74. The zero-order chi connectivity index (χ0) is 17.0. The maximum absolute atomic E-state index is 12.5. The lowest BCUT2D eigenvalue weighted by atomic mass is 9.75. The van der Waals surface area contributed by atoms with Crippen molar-refractivity contribution in [3.05, 3.63) is 95.1 Å². The number of hydrogen-bond donors (Lipinski definition) is 0. The second-order valence-electron chi connectivity index (χ2n) is 7.02. The van der Waals surface area contributed by atoms with Crippen molar-refractivity contribution in [1.29, 1.82) is 0 Å². The van der Waals surface area contributed by atoms with Crippen LogP contribution in [0.25, 0.3) is 21.5 Å². The lowest BCUT2D eigenvalue weighted by Gasteiger charge is -2.27. The second-order valence-corrected chi connectivity index (χ2v) is 7.02. The van der Waals surface area contributed by atoms with Gasteiger partial charge in [-0.2, -0.15) is 0 Å². The molecule has 1 unspecified atom stereocenters. The standard InChI is InChI=1S/C24H18O/c1-15(25)24-22-9-5-4-8-18(22)12-21-13-19-10-16-6-2-3-7-17(16)11-20(19)14-23(21)24/h2-11,13-14,24H,12H2,1H3. The van der Waals surface area contributed by atoms with Crippen LogP contribution in [0.5, 0.6) is 0 Å². The van der Waals surface area contributed by atoms with Gasteiger partial charge in [0.15, 0.2) is 0 Å². The Hall–Kier alpha value is -2.93. The minimum Gasteiger partial charge on any atom is -0.299 e. The van der Waals surface area contributed by atoms with Crippen molar-refractivity contribution in [2.75, 3.05) is 0 Å². The van der Waals surface area contributed by atoms with Gasteiger partial charge in [0.05, 0.1) is 5.92 Å². The molecule has 120 valence electrons. The number of ketones is 1. The highest BCUT2D eigenvalue weighted by atomic mass is 16.1. The zero-order valence-corrected chi connectivity index (χ0v) is 14.1. The van der Waals surface area contributed by atoms with E-state index in [1.54, 1.807) is 6.92 Å². The molecule has 0 N–H and O–H groups in total. The predicted molar refractivity (Wildman–Crippen MR) is 103 cm³/mol. The first-order chi connectivity index (χ1) is 12.2. The van der Waals surface area contributed by atoms with Gasteiger partial charge < -0.3 is 0 Å². The topological polar surface area (TPSA) is 17.1 Å². The van der Waals surface area contributed by atoms with Crippen LogP contribution >= 0.6 is 0 Å². The molecule has 0 amide bonds.